The van der Waals surface area contributed by atoms with Crippen molar-refractivity contribution in [2.24, 2.45) is 0 Å². The van der Waals surface area contributed by atoms with Crippen LogP contribution in [-0.4, -0.2) is 77.4 Å². The molecule has 1 aliphatic carbocycles. The van der Waals surface area contributed by atoms with E-state index >= 15 is 0 Å². The summed E-state index contributed by atoms with van der Waals surface area (Å²) in [4.78, 5) is 17.6. The molecule has 0 atom stereocenters. The van der Waals surface area contributed by atoms with Gasteiger partial charge in [-0.2, -0.15) is 5.10 Å². The number of carbonyl (C=O) groups is 1. The number of likely N-dealkylation sites (N-methyl/N-ethyl adjacent to an activating group) is 1. The van der Waals surface area contributed by atoms with E-state index in [1.54, 1.807) is 10.7 Å². The van der Waals surface area contributed by atoms with Crippen LogP contribution in [0.1, 0.15) is 42.6 Å². The second-order valence-corrected chi connectivity index (χ2v) is 7.70. The standard InChI is InChI=1S/C18H29N5O2/c1-21-7-9-22(10-8-21)18(5-3-2-4-6-18)14-19-17(24)15-13-16-23(20-15)11-12-25-16/h13H,2-12,14H2,1H3,(H,19,24). The van der Waals surface area contributed by atoms with Gasteiger partial charge in [-0.05, 0) is 19.9 Å². The monoisotopic (exact) mass is 347 g/mol. The molecule has 1 aromatic heterocycles. The van der Waals surface area contributed by atoms with Crippen LogP contribution < -0.4 is 10.1 Å². The molecular formula is C18H29N5O2. The molecule has 0 aromatic carbocycles. The van der Waals surface area contributed by atoms with Gasteiger partial charge in [-0.1, -0.05) is 19.3 Å². The second-order valence-electron chi connectivity index (χ2n) is 7.70. The SMILES string of the molecule is CN1CCN(C2(CNC(=O)c3cc4n(n3)CCO4)CCCCC2)CC1. The number of hydrogen-bond donors (Lipinski definition) is 1. The van der Waals surface area contributed by atoms with Crippen molar-refractivity contribution < 1.29 is 9.53 Å². The molecular weight excluding hydrogens is 318 g/mol. The topological polar surface area (TPSA) is 62.6 Å². The number of hydrogen-bond acceptors (Lipinski definition) is 5. The van der Waals surface area contributed by atoms with Gasteiger partial charge in [0, 0.05) is 44.3 Å². The molecule has 3 aliphatic rings. The summed E-state index contributed by atoms with van der Waals surface area (Å²) in [6.45, 7) is 6.52. The molecule has 0 unspecified atom stereocenters. The maximum Gasteiger partial charge on any atom is 0.271 e. The van der Waals surface area contributed by atoms with Gasteiger partial charge in [0.2, 0.25) is 5.88 Å². The number of carbonyl (C=O) groups excluding carboxylic acids is 1. The van der Waals surface area contributed by atoms with Crippen LogP contribution in [0.4, 0.5) is 0 Å². The summed E-state index contributed by atoms with van der Waals surface area (Å²) in [6, 6.07) is 1.76. The van der Waals surface area contributed by atoms with Gasteiger partial charge in [0.15, 0.2) is 5.69 Å². The lowest BCUT2D eigenvalue weighted by atomic mass is 9.79. The van der Waals surface area contributed by atoms with Crippen molar-refractivity contribution in [3.8, 4) is 5.88 Å². The third-order valence-corrected chi connectivity index (χ3v) is 6.07. The number of nitrogens with one attached hydrogen (secondary N) is 1. The first-order chi connectivity index (χ1) is 12.2. The first-order valence-corrected chi connectivity index (χ1v) is 9.59. The van der Waals surface area contributed by atoms with Gasteiger partial charge in [-0.15, -0.1) is 0 Å². The van der Waals surface area contributed by atoms with Gasteiger partial charge in [0.1, 0.15) is 6.61 Å². The first kappa shape index (κ1) is 16.8. The van der Waals surface area contributed by atoms with Gasteiger partial charge in [0.05, 0.1) is 6.54 Å². The molecule has 1 N–H and O–H groups in total. The van der Waals surface area contributed by atoms with E-state index < -0.39 is 0 Å². The Morgan fingerprint density at radius 1 is 1.20 bits per heavy atom. The number of fused-ring (bicyclic) bond motifs is 1. The second kappa shape index (κ2) is 6.96. The number of amides is 1. The summed E-state index contributed by atoms with van der Waals surface area (Å²) in [7, 11) is 2.19. The zero-order chi connectivity index (χ0) is 17.3. The lowest BCUT2D eigenvalue weighted by Crippen LogP contribution is -2.61. The Bertz CT molecular complexity index is 593. The van der Waals surface area contributed by atoms with Gasteiger partial charge in [0.25, 0.3) is 5.91 Å². The highest BCUT2D eigenvalue weighted by Gasteiger charge is 2.39. The molecule has 1 aromatic rings. The van der Waals surface area contributed by atoms with E-state index in [0.29, 0.717) is 18.2 Å². The maximum atomic E-state index is 12.6. The van der Waals surface area contributed by atoms with E-state index in [1.165, 1.54) is 32.1 Å². The Hall–Kier alpha value is -1.60. The molecule has 1 amide bonds. The maximum absolute atomic E-state index is 12.6. The minimum absolute atomic E-state index is 0.0791. The average Bonchev–Trinajstić information content (AvgIpc) is 3.23. The minimum Gasteiger partial charge on any atom is -0.476 e. The van der Waals surface area contributed by atoms with Crippen LogP contribution in [0.3, 0.4) is 0 Å². The lowest BCUT2D eigenvalue weighted by Gasteiger charge is -2.49. The Kier molecular flexibility index (Phi) is 4.69. The minimum atomic E-state index is -0.0791. The molecule has 7 heteroatoms. The summed E-state index contributed by atoms with van der Waals surface area (Å²) in [5.74, 6) is 0.626. The Morgan fingerprint density at radius 3 is 2.68 bits per heavy atom. The third-order valence-electron chi connectivity index (χ3n) is 6.07. The number of ether oxygens (including phenoxy) is 1. The molecule has 25 heavy (non-hydrogen) atoms. The van der Waals surface area contributed by atoms with E-state index in [4.69, 9.17) is 4.74 Å². The van der Waals surface area contributed by atoms with Crippen LogP contribution in [-0.2, 0) is 6.54 Å². The van der Waals surface area contributed by atoms with E-state index in [2.05, 4.69) is 27.3 Å². The van der Waals surface area contributed by atoms with Crippen molar-refractivity contribution in [3.05, 3.63) is 11.8 Å². The Balaban J connectivity index is 1.42. The fraction of sp³-hybridized carbons (Fsp3) is 0.778. The summed E-state index contributed by atoms with van der Waals surface area (Å²) >= 11 is 0. The van der Waals surface area contributed by atoms with Crippen LogP contribution >= 0.6 is 0 Å². The molecule has 2 fully saturated rings. The van der Waals surface area contributed by atoms with Crippen molar-refractivity contribution in [3.63, 3.8) is 0 Å². The normalized spacial score (nSPS) is 23.9. The molecule has 0 bridgehead atoms. The van der Waals surface area contributed by atoms with Gasteiger partial charge in [-0.3, -0.25) is 9.69 Å². The molecule has 2 aliphatic heterocycles. The zero-order valence-corrected chi connectivity index (χ0v) is 15.2. The first-order valence-electron chi connectivity index (χ1n) is 9.59. The molecule has 1 saturated heterocycles. The van der Waals surface area contributed by atoms with Crippen molar-refractivity contribution in [2.45, 2.75) is 44.2 Å². The van der Waals surface area contributed by atoms with Gasteiger partial charge >= 0.3 is 0 Å². The summed E-state index contributed by atoms with van der Waals surface area (Å²) in [5, 5.41) is 7.54. The van der Waals surface area contributed by atoms with Crippen molar-refractivity contribution in [2.75, 3.05) is 46.4 Å². The van der Waals surface area contributed by atoms with Crippen LogP contribution in [0.5, 0.6) is 5.88 Å². The van der Waals surface area contributed by atoms with Gasteiger partial charge in [-0.25, -0.2) is 4.68 Å². The highest BCUT2D eigenvalue weighted by atomic mass is 16.5. The van der Waals surface area contributed by atoms with Gasteiger partial charge < -0.3 is 15.0 Å². The number of piperazine rings is 1. The molecule has 4 rings (SSSR count). The van der Waals surface area contributed by atoms with Crippen molar-refractivity contribution >= 4 is 5.91 Å². The quantitative estimate of drug-likeness (QED) is 0.879. The van der Waals surface area contributed by atoms with E-state index in [0.717, 1.165) is 39.3 Å². The van der Waals surface area contributed by atoms with Crippen molar-refractivity contribution in [1.82, 2.24) is 24.9 Å². The predicted octanol–water partition coefficient (Wildman–Crippen LogP) is 0.956. The summed E-state index contributed by atoms with van der Waals surface area (Å²) in [6.07, 6.45) is 6.19. The van der Waals surface area contributed by atoms with Crippen LogP contribution in [0, 0.1) is 0 Å². The highest BCUT2D eigenvalue weighted by molar-refractivity contribution is 5.92. The lowest BCUT2D eigenvalue weighted by molar-refractivity contribution is 0.0138. The number of rotatable bonds is 4. The smallest absolute Gasteiger partial charge is 0.271 e. The predicted molar refractivity (Wildman–Crippen MR) is 94.9 cm³/mol. The van der Waals surface area contributed by atoms with E-state index in [1.807, 2.05) is 0 Å². The molecule has 7 nitrogen and oxygen atoms in total. The third kappa shape index (κ3) is 3.40. The largest absolute Gasteiger partial charge is 0.476 e. The highest BCUT2D eigenvalue weighted by Crippen LogP contribution is 2.34. The molecule has 0 radical (unpaired) electrons. The Labute approximate surface area is 149 Å². The van der Waals surface area contributed by atoms with E-state index in [-0.39, 0.29) is 11.4 Å². The molecule has 1 saturated carbocycles. The summed E-state index contributed by atoms with van der Waals surface area (Å²) in [5.41, 5.74) is 0.591. The molecule has 0 spiro atoms. The Morgan fingerprint density at radius 2 is 1.96 bits per heavy atom. The molecule has 138 valence electrons. The molecule has 3 heterocycles. The average molecular weight is 347 g/mol. The zero-order valence-electron chi connectivity index (χ0n) is 15.2. The fourth-order valence-corrected chi connectivity index (χ4v) is 4.45. The van der Waals surface area contributed by atoms with Crippen LogP contribution in [0.15, 0.2) is 6.07 Å². The van der Waals surface area contributed by atoms with Crippen LogP contribution in [0.2, 0.25) is 0 Å². The van der Waals surface area contributed by atoms with Crippen molar-refractivity contribution in [1.29, 1.82) is 0 Å². The summed E-state index contributed by atoms with van der Waals surface area (Å²) < 4.78 is 7.23. The van der Waals surface area contributed by atoms with E-state index in [9.17, 15) is 4.79 Å². The van der Waals surface area contributed by atoms with Crippen LogP contribution in [0.25, 0.3) is 0 Å². The fourth-order valence-electron chi connectivity index (χ4n) is 4.45. The number of aromatic nitrogens is 2. The number of nitrogens with zero attached hydrogens (tertiary/aromatic N) is 4.